The SMILES string of the molecule is CCOC(=N)CNC(N)=O.Cl. The summed E-state index contributed by atoms with van der Waals surface area (Å²) in [6.45, 7) is 2.25. The highest BCUT2D eigenvalue weighted by Gasteiger charge is 1.96. The van der Waals surface area contributed by atoms with Crippen LogP contribution < -0.4 is 11.1 Å². The molecule has 4 N–H and O–H groups in total. The van der Waals surface area contributed by atoms with Gasteiger partial charge in [-0.15, -0.1) is 12.4 Å². The van der Waals surface area contributed by atoms with Crippen LogP contribution in [0, 0.1) is 5.41 Å². The minimum atomic E-state index is -0.649. The van der Waals surface area contributed by atoms with E-state index in [2.05, 4.69) is 5.32 Å². The Morgan fingerprint density at radius 2 is 2.27 bits per heavy atom. The minimum absolute atomic E-state index is 0. The van der Waals surface area contributed by atoms with E-state index in [9.17, 15) is 4.79 Å². The highest BCUT2D eigenvalue weighted by atomic mass is 35.5. The molecule has 0 aliphatic carbocycles. The third-order valence-corrected chi connectivity index (χ3v) is 0.742. The van der Waals surface area contributed by atoms with Crippen LogP contribution in [0.3, 0.4) is 0 Å². The van der Waals surface area contributed by atoms with E-state index in [1.54, 1.807) is 6.92 Å². The van der Waals surface area contributed by atoms with Crippen molar-refractivity contribution in [3.8, 4) is 0 Å². The molecule has 0 bridgehead atoms. The van der Waals surface area contributed by atoms with Crippen molar-refractivity contribution in [3.63, 3.8) is 0 Å². The van der Waals surface area contributed by atoms with Gasteiger partial charge in [0, 0.05) is 0 Å². The number of nitrogens with one attached hydrogen (secondary N) is 2. The van der Waals surface area contributed by atoms with Crippen LogP contribution in [-0.4, -0.2) is 25.1 Å². The normalized spacial score (nSPS) is 7.73. The minimum Gasteiger partial charge on any atom is -0.480 e. The number of primary amides is 1. The molecule has 0 rings (SSSR count). The summed E-state index contributed by atoms with van der Waals surface area (Å²) in [5, 5.41) is 9.21. The maximum absolute atomic E-state index is 10.1. The fraction of sp³-hybridized carbons (Fsp3) is 0.600. The molecule has 0 fully saturated rings. The average molecular weight is 182 g/mol. The molecule has 0 aliphatic heterocycles. The summed E-state index contributed by atoms with van der Waals surface area (Å²) < 4.78 is 4.71. The Balaban J connectivity index is 0. The Bertz CT molecular complexity index is 140. The molecular formula is C5H12ClN3O2. The molecule has 66 valence electrons. The first-order valence-corrected chi connectivity index (χ1v) is 2.90. The van der Waals surface area contributed by atoms with E-state index in [-0.39, 0.29) is 24.8 Å². The first-order chi connectivity index (χ1) is 4.66. The molecule has 0 heterocycles. The molecule has 0 aliphatic rings. The van der Waals surface area contributed by atoms with Crippen molar-refractivity contribution < 1.29 is 9.53 Å². The lowest BCUT2D eigenvalue weighted by Gasteiger charge is -2.03. The van der Waals surface area contributed by atoms with Crippen LogP contribution in [0.15, 0.2) is 0 Å². The number of carbonyl (C=O) groups excluding carboxylic acids is 1. The van der Waals surface area contributed by atoms with E-state index in [1.807, 2.05) is 0 Å². The topological polar surface area (TPSA) is 88.2 Å². The van der Waals surface area contributed by atoms with Crippen LogP contribution in [-0.2, 0) is 4.74 Å². The summed E-state index contributed by atoms with van der Waals surface area (Å²) in [4.78, 5) is 10.1. The van der Waals surface area contributed by atoms with Crippen molar-refractivity contribution in [1.29, 1.82) is 5.41 Å². The van der Waals surface area contributed by atoms with Crippen LogP contribution in [0.4, 0.5) is 4.79 Å². The fourth-order valence-corrected chi connectivity index (χ4v) is 0.393. The van der Waals surface area contributed by atoms with Crippen molar-refractivity contribution in [2.45, 2.75) is 6.92 Å². The van der Waals surface area contributed by atoms with Gasteiger partial charge in [-0.25, -0.2) is 4.79 Å². The molecule has 11 heavy (non-hydrogen) atoms. The number of hydrogen-bond donors (Lipinski definition) is 3. The lowest BCUT2D eigenvalue weighted by atomic mass is 10.6. The zero-order valence-electron chi connectivity index (χ0n) is 6.22. The van der Waals surface area contributed by atoms with Crippen molar-refractivity contribution in [2.24, 2.45) is 5.73 Å². The highest BCUT2D eigenvalue weighted by molar-refractivity contribution is 5.85. The van der Waals surface area contributed by atoms with E-state index in [1.165, 1.54) is 0 Å². The zero-order chi connectivity index (χ0) is 7.98. The van der Waals surface area contributed by atoms with Crippen LogP contribution in [0.2, 0.25) is 0 Å². The van der Waals surface area contributed by atoms with E-state index < -0.39 is 6.03 Å². The molecule has 0 aromatic carbocycles. The summed E-state index contributed by atoms with van der Waals surface area (Å²) in [6.07, 6.45) is 0. The molecule has 0 radical (unpaired) electrons. The fourth-order valence-electron chi connectivity index (χ4n) is 0.393. The van der Waals surface area contributed by atoms with Gasteiger partial charge in [0.05, 0.1) is 13.2 Å². The van der Waals surface area contributed by atoms with Gasteiger partial charge < -0.3 is 15.8 Å². The number of rotatable bonds is 3. The molecule has 0 aromatic heterocycles. The molecule has 0 unspecified atom stereocenters. The Kier molecular flexibility index (Phi) is 8.23. The molecule has 0 aromatic rings. The predicted octanol–water partition coefficient (Wildman–Crippen LogP) is 0.0903. The van der Waals surface area contributed by atoms with Gasteiger partial charge in [0.15, 0.2) is 5.90 Å². The van der Waals surface area contributed by atoms with Gasteiger partial charge in [0.25, 0.3) is 0 Å². The van der Waals surface area contributed by atoms with Crippen molar-refractivity contribution in [1.82, 2.24) is 5.32 Å². The summed E-state index contributed by atoms with van der Waals surface area (Å²) in [7, 11) is 0. The molecule has 0 saturated carbocycles. The standard InChI is InChI=1S/C5H11N3O2.ClH/c1-2-10-4(6)3-8-5(7)9;/h6H,2-3H2,1H3,(H3,7,8,9);1H. The second-order valence-corrected chi connectivity index (χ2v) is 1.57. The highest BCUT2D eigenvalue weighted by Crippen LogP contribution is 1.74. The molecule has 0 saturated heterocycles. The second kappa shape index (κ2) is 7.14. The Labute approximate surface area is 71.2 Å². The van der Waals surface area contributed by atoms with E-state index in [0.29, 0.717) is 6.61 Å². The Morgan fingerprint density at radius 1 is 1.73 bits per heavy atom. The number of ether oxygens (including phenoxy) is 1. The van der Waals surface area contributed by atoms with Gasteiger partial charge in [-0.3, -0.25) is 5.41 Å². The summed E-state index contributed by atoms with van der Waals surface area (Å²) in [6, 6.07) is -0.649. The van der Waals surface area contributed by atoms with Crippen molar-refractivity contribution >= 4 is 24.3 Å². The van der Waals surface area contributed by atoms with Gasteiger partial charge in [-0.05, 0) is 6.92 Å². The number of halogens is 1. The van der Waals surface area contributed by atoms with Crippen LogP contribution in [0.5, 0.6) is 0 Å². The van der Waals surface area contributed by atoms with Crippen LogP contribution in [0.1, 0.15) is 6.92 Å². The molecule has 6 heteroatoms. The zero-order valence-corrected chi connectivity index (χ0v) is 7.03. The van der Waals surface area contributed by atoms with Crippen molar-refractivity contribution in [2.75, 3.05) is 13.2 Å². The Hall–Kier alpha value is -0.970. The number of amides is 2. The maximum Gasteiger partial charge on any atom is 0.312 e. The predicted molar refractivity (Wildman–Crippen MR) is 44.2 cm³/mol. The van der Waals surface area contributed by atoms with Gasteiger partial charge in [-0.2, -0.15) is 0 Å². The van der Waals surface area contributed by atoms with E-state index in [4.69, 9.17) is 15.9 Å². The first-order valence-electron chi connectivity index (χ1n) is 2.90. The smallest absolute Gasteiger partial charge is 0.312 e. The number of hydrogen-bond acceptors (Lipinski definition) is 3. The van der Waals surface area contributed by atoms with Gasteiger partial charge in [0.1, 0.15) is 0 Å². The largest absolute Gasteiger partial charge is 0.480 e. The molecule has 2 amide bonds. The molecular weight excluding hydrogens is 170 g/mol. The van der Waals surface area contributed by atoms with Crippen LogP contribution in [0.25, 0.3) is 0 Å². The second-order valence-electron chi connectivity index (χ2n) is 1.57. The van der Waals surface area contributed by atoms with E-state index >= 15 is 0 Å². The summed E-state index contributed by atoms with van der Waals surface area (Å²) in [5.41, 5.74) is 4.73. The number of nitrogens with two attached hydrogens (primary N) is 1. The van der Waals surface area contributed by atoms with Gasteiger partial charge in [0.2, 0.25) is 0 Å². The number of urea groups is 1. The molecule has 5 nitrogen and oxygen atoms in total. The monoisotopic (exact) mass is 181 g/mol. The lowest BCUT2D eigenvalue weighted by Crippen LogP contribution is -2.34. The average Bonchev–Trinajstić information content (AvgIpc) is 1.85. The first kappa shape index (κ1) is 12.7. The third kappa shape index (κ3) is 9.03. The van der Waals surface area contributed by atoms with Gasteiger partial charge >= 0.3 is 6.03 Å². The quantitative estimate of drug-likeness (QED) is 0.426. The number of carbonyl (C=O) groups is 1. The lowest BCUT2D eigenvalue weighted by molar-refractivity contribution is 0.248. The third-order valence-electron chi connectivity index (χ3n) is 0.742. The summed E-state index contributed by atoms with van der Waals surface area (Å²) in [5.74, 6) is 0.0151. The van der Waals surface area contributed by atoms with Crippen LogP contribution >= 0.6 is 12.4 Å². The molecule has 0 spiro atoms. The van der Waals surface area contributed by atoms with Crippen molar-refractivity contribution in [3.05, 3.63) is 0 Å². The van der Waals surface area contributed by atoms with E-state index in [0.717, 1.165) is 0 Å². The molecule has 0 atom stereocenters. The van der Waals surface area contributed by atoms with Gasteiger partial charge in [-0.1, -0.05) is 0 Å². The maximum atomic E-state index is 10.1. The summed E-state index contributed by atoms with van der Waals surface area (Å²) >= 11 is 0. The Morgan fingerprint density at radius 3 is 2.64 bits per heavy atom.